The van der Waals surface area contributed by atoms with E-state index in [1.807, 2.05) is 6.07 Å². The fourth-order valence-electron chi connectivity index (χ4n) is 11.3. The highest BCUT2D eigenvalue weighted by Gasteiger charge is 2.51. The van der Waals surface area contributed by atoms with Crippen molar-refractivity contribution in [3.05, 3.63) is 136 Å². The standard InChI is InChI=1S/C60H61F2N6O13P/c61-60(62,82(78,79)80)40-23-27-50-39(30-40)32-51(81-50)57(75)65-45-24-22-37-18-12-19-38-31-47(68(54(37)38)59(45)77)56(74)64-44(25-28-52(63)71)49(70)33-42(35-14-9-7-10-15-35)48(69)21-11-6-4-2-1-3-5-8-16-36-17-13-20-41-43(36)34-67(58(41)76)46-26-29-53(72)66-55(46)73/h7,9-10,12-15,17-20,23,27,30,32,42,44-47H,1-6,11,21-22,24-26,28-29,31,33-34H2,(H2,63,71)(H,64,74)(H,65,75)(H,66,72,73)(H2,78,79,80)/t42-,44-,45-,46?,47-/m0/s1. The van der Waals surface area contributed by atoms with Gasteiger partial charge in [0, 0.05) is 73.1 Å². The largest absolute Gasteiger partial charge is 0.451 e. The third-order valence-electron chi connectivity index (χ3n) is 15.6. The number of unbranched alkanes of at least 4 members (excludes halogenated alkanes) is 6. The van der Waals surface area contributed by atoms with E-state index in [1.165, 1.54) is 9.80 Å². The van der Waals surface area contributed by atoms with E-state index in [1.54, 1.807) is 60.7 Å². The molecule has 9 rings (SSSR count). The van der Waals surface area contributed by atoms with Gasteiger partial charge in [-0.1, -0.05) is 92.1 Å². The van der Waals surface area contributed by atoms with Crippen molar-refractivity contribution in [2.75, 3.05) is 4.90 Å². The van der Waals surface area contributed by atoms with Gasteiger partial charge in [-0.25, -0.2) is 0 Å². The van der Waals surface area contributed by atoms with Gasteiger partial charge < -0.3 is 35.5 Å². The van der Waals surface area contributed by atoms with Crippen LogP contribution in [0.3, 0.4) is 0 Å². The molecule has 1 saturated heterocycles. The number of carbonyl (C=O) groups is 9. The smallest absolute Gasteiger partial charge is 0.399 e. The summed E-state index contributed by atoms with van der Waals surface area (Å²) in [5.74, 6) is 0.397. The van der Waals surface area contributed by atoms with E-state index in [2.05, 4.69) is 27.8 Å². The Kier molecular flexibility index (Phi) is 17.8. The Bertz CT molecular complexity index is 3500. The fraction of sp³-hybridized carbons (Fsp3) is 0.383. The van der Waals surface area contributed by atoms with Crippen molar-refractivity contribution in [3.63, 3.8) is 0 Å². The molecule has 7 amide bonds. The number of nitrogens with two attached hydrogens (primary N) is 1. The molecule has 1 fully saturated rings. The molecule has 1 unspecified atom stereocenters. The lowest BCUT2D eigenvalue weighted by Gasteiger charge is -2.29. The number of furan rings is 1. The first-order valence-electron chi connectivity index (χ1n) is 27.4. The van der Waals surface area contributed by atoms with Crippen molar-refractivity contribution >= 4 is 77.2 Å². The summed E-state index contributed by atoms with van der Waals surface area (Å²) in [5.41, 5.74) is 4.44. The Morgan fingerprint density at radius 1 is 0.841 bits per heavy atom. The maximum absolute atomic E-state index is 14.6. The summed E-state index contributed by atoms with van der Waals surface area (Å²) in [4.78, 5) is 142. The molecule has 5 atom stereocenters. The van der Waals surface area contributed by atoms with Gasteiger partial charge in [0.05, 0.1) is 11.7 Å². The molecule has 0 bridgehead atoms. The molecule has 1 aromatic heterocycles. The summed E-state index contributed by atoms with van der Waals surface area (Å²) in [6.45, 7) is 0.245. The topological polar surface area (TPSA) is 293 Å². The Labute approximate surface area is 470 Å². The minimum absolute atomic E-state index is 0.0400. The molecule has 4 aliphatic rings. The number of primary amides is 1. The highest BCUT2D eigenvalue weighted by atomic mass is 31.2. The number of halogens is 2. The Hall–Kier alpha value is -8.18. The normalized spacial score (nSPS) is 18.4. The van der Waals surface area contributed by atoms with Crippen LogP contribution in [0.15, 0.2) is 95.4 Å². The first-order valence-corrected chi connectivity index (χ1v) is 29.0. The Balaban J connectivity index is 0.792. The number of benzene rings is 4. The van der Waals surface area contributed by atoms with Gasteiger partial charge in [-0.2, -0.15) is 8.78 Å². The number of Topliss-reactive ketones (excluding diaryl/α,β-unsaturated/α-hetero) is 2. The summed E-state index contributed by atoms with van der Waals surface area (Å²) in [6.07, 6.45) is 5.77. The Morgan fingerprint density at radius 2 is 1.57 bits per heavy atom. The molecular formula is C60H61F2N6O13P. The lowest BCUT2D eigenvalue weighted by atomic mass is 9.85. The minimum Gasteiger partial charge on any atom is -0.451 e. The third-order valence-corrected chi connectivity index (χ3v) is 16.6. The Morgan fingerprint density at radius 3 is 2.32 bits per heavy atom. The van der Waals surface area contributed by atoms with E-state index in [0.29, 0.717) is 40.8 Å². The van der Waals surface area contributed by atoms with E-state index in [-0.39, 0.29) is 98.7 Å². The number of ketones is 2. The van der Waals surface area contributed by atoms with Gasteiger partial charge >= 0.3 is 13.3 Å². The van der Waals surface area contributed by atoms with Crippen LogP contribution in [0.5, 0.6) is 0 Å². The van der Waals surface area contributed by atoms with Crippen LogP contribution in [0.1, 0.15) is 150 Å². The number of alkyl halides is 2. The van der Waals surface area contributed by atoms with Crippen molar-refractivity contribution in [1.29, 1.82) is 0 Å². The van der Waals surface area contributed by atoms with E-state index in [0.717, 1.165) is 67.5 Å². The van der Waals surface area contributed by atoms with Gasteiger partial charge in [0.2, 0.25) is 29.5 Å². The molecule has 0 saturated carbocycles. The van der Waals surface area contributed by atoms with Gasteiger partial charge in [-0.3, -0.25) is 57.9 Å². The number of amides is 7. The minimum atomic E-state index is -5.90. The molecule has 5 aromatic rings. The second kappa shape index (κ2) is 24.9. The summed E-state index contributed by atoms with van der Waals surface area (Å²) in [6, 6.07) is 18.8. The first-order chi connectivity index (χ1) is 39.2. The number of imide groups is 1. The molecule has 7 N–H and O–H groups in total. The van der Waals surface area contributed by atoms with Crippen LogP contribution >= 0.6 is 7.60 Å². The highest BCUT2D eigenvalue weighted by Crippen LogP contribution is 2.59. The number of rotatable bonds is 23. The molecule has 0 aliphatic carbocycles. The van der Waals surface area contributed by atoms with Crippen LogP contribution in [0, 0.1) is 11.8 Å². The SMILES string of the molecule is NC(=O)CC[C@H](NC(=O)[C@@H]1Cc2cccc3c2N1C(=O)[C@@H](NC(=O)c1cc2cc(C(F)(F)P(=O)(O)O)ccc2o1)CC3)C(=O)C[C@H](C(=O)CCCCCCCCC#Cc1cccc2c1CN(C1CCC(=O)NC1=O)C2=O)c1ccccc1. The summed E-state index contributed by atoms with van der Waals surface area (Å²) >= 11 is 0. The third kappa shape index (κ3) is 12.8. The zero-order valence-corrected chi connectivity index (χ0v) is 45.5. The second-order valence-corrected chi connectivity index (χ2v) is 22.8. The fourth-order valence-corrected chi connectivity index (χ4v) is 11.8. The summed E-state index contributed by atoms with van der Waals surface area (Å²) in [5, 5.41) is 7.68. The van der Waals surface area contributed by atoms with Crippen molar-refractivity contribution in [3.8, 4) is 11.8 Å². The number of para-hydroxylation sites is 1. The van der Waals surface area contributed by atoms with Crippen molar-refractivity contribution in [2.24, 2.45) is 5.73 Å². The highest BCUT2D eigenvalue weighted by molar-refractivity contribution is 7.52. The van der Waals surface area contributed by atoms with Gasteiger partial charge in [-0.05, 0) is 97.2 Å². The van der Waals surface area contributed by atoms with Crippen LogP contribution in [0.4, 0.5) is 14.5 Å². The maximum atomic E-state index is 14.6. The van der Waals surface area contributed by atoms with Crippen LogP contribution in [-0.4, -0.2) is 91.8 Å². The monoisotopic (exact) mass is 1140 g/mol. The molecule has 428 valence electrons. The zero-order valence-electron chi connectivity index (χ0n) is 44.6. The predicted molar refractivity (Wildman–Crippen MR) is 294 cm³/mol. The van der Waals surface area contributed by atoms with Crippen molar-refractivity contribution in [1.82, 2.24) is 20.9 Å². The zero-order chi connectivity index (χ0) is 58.5. The van der Waals surface area contributed by atoms with Crippen LogP contribution in [-0.2, 0) is 63.2 Å². The van der Waals surface area contributed by atoms with Gasteiger partial charge in [-0.15, -0.1) is 0 Å². The number of nitrogens with one attached hydrogen (secondary N) is 3. The van der Waals surface area contributed by atoms with Gasteiger partial charge in [0.15, 0.2) is 11.5 Å². The van der Waals surface area contributed by atoms with Gasteiger partial charge in [0.25, 0.3) is 11.8 Å². The molecule has 82 heavy (non-hydrogen) atoms. The first kappa shape index (κ1) is 58.5. The lowest BCUT2D eigenvalue weighted by molar-refractivity contribution is -0.137. The van der Waals surface area contributed by atoms with Crippen LogP contribution in [0.25, 0.3) is 11.0 Å². The van der Waals surface area contributed by atoms with Crippen molar-refractivity contribution < 1.29 is 70.7 Å². The molecule has 5 heterocycles. The van der Waals surface area contributed by atoms with Crippen LogP contribution < -0.4 is 26.6 Å². The number of hydrogen-bond donors (Lipinski definition) is 6. The average Bonchev–Trinajstić information content (AvgIpc) is 4.37. The molecular weight excluding hydrogens is 1080 g/mol. The molecule has 19 nitrogen and oxygen atoms in total. The molecule has 0 radical (unpaired) electrons. The summed E-state index contributed by atoms with van der Waals surface area (Å²) in [7, 11) is -5.90. The van der Waals surface area contributed by atoms with E-state index in [4.69, 9.17) is 10.2 Å². The number of anilines is 1. The van der Waals surface area contributed by atoms with Gasteiger partial charge in [0.1, 0.15) is 29.5 Å². The van der Waals surface area contributed by atoms with Crippen molar-refractivity contribution in [2.45, 2.75) is 145 Å². The number of carbonyl (C=O) groups excluding carboxylic acids is 9. The maximum Gasteiger partial charge on any atom is 0.399 e. The number of hydrogen-bond acceptors (Lipinski definition) is 11. The lowest BCUT2D eigenvalue weighted by Crippen LogP contribution is -2.56. The van der Waals surface area contributed by atoms with Crippen LogP contribution in [0.2, 0.25) is 0 Å². The number of aryl methyl sites for hydroxylation is 1. The molecule has 22 heteroatoms. The number of piperidine rings is 1. The summed E-state index contributed by atoms with van der Waals surface area (Å²) < 4.78 is 46.2. The van der Waals surface area contributed by atoms with E-state index in [9.17, 15) is 66.3 Å². The average molecular weight is 1140 g/mol. The molecule has 0 spiro atoms. The second-order valence-electron chi connectivity index (χ2n) is 21.2. The number of nitrogens with zero attached hydrogens (tertiary/aromatic N) is 2. The number of fused-ring (bicyclic) bond motifs is 2. The molecule has 4 aromatic carbocycles. The quantitative estimate of drug-likeness (QED) is 0.0173. The molecule has 4 aliphatic heterocycles. The van der Waals surface area contributed by atoms with E-state index >= 15 is 0 Å². The predicted octanol–water partition coefficient (Wildman–Crippen LogP) is 6.66. The van der Waals surface area contributed by atoms with E-state index < -0.39 is 84.2 Å².